The van der Waals surface area contributed by atoms with Crippen molar-refractivity contribution in [3.63, 3.8) is 0 Å². The molecule has 3 rings (SSSR count). The zero-order valence-electron chi connectivity index (χ0n) is 8.85. The average Bonchev–Trinajstić information content (AvgIpc) is 2.80. The lowest BCUT2D eigenvalue weighted by Crippen LogP contribution is -2.19. The van der Waals surface area contributed by atoms with Crippen LogP contribution in [0, 0.1) is 0 Å². The van der Waals surface area contributed by atoms with E-state index in [1.807, 2.05) is 0 Å². The zero-order chi connectivity index (χ0) is 10.8. The lowest BCUT2D eigenvalue weighted by Gasteiger charge is -2.18. The van der Waals surface area contributed by atoms with Gasteiger partial charge in [-0.1, -0.05) is 12.2 Å². The van der Waals surface area contributed by atoms with Crippen molar-refractivity contribution in [3.05, 3.63) is 24.7 Å². The van der Waals surface area contributed by atoms with Crippen LogP contribution in [0.25, 0.3) is 11.0 Å². The molecule has 0 aromatic carbocycles. The van der Waals surface area contributed by atoms with Gasteiger partial charge < -0.3 is 5.32 Å². The van der Waals surface area contributed by atoms with Crippen molar-refractivity contribution in [1.29, 1.82) is 0 Å². The molecule has 0 saturated heterocycles. The predicted octanol–water partition coefficient (Wildman–Crippen LogP) is 1.87. The number of aromatic amines is 1. The summed E-state index contributed by atoms with van der Waals surface area (Å²) < 4.78 is 0. The molecule has 2 aromatic heterocycles. The van der Waals surface area contributed by atoms with Crippen LogP contribution in [-0.2, 0) is 0 Å². The SMILES string of the molecule is C1=CC(Nc2ncnc3[nH]ncc23)CCC1. The summed E-state index contributed by atoms with van der Waals surface area (Å²) in [5.74, 6) is 0.857. The van der Waals surface area contributed by atoms with Crippen molar-refractivity contribution in [3.8, 4) is 0 Å². The number of allylic oxidation sites excluding steroid dienone is 1. The molecule has 0 aliphatic heterocycles. The first kappa shape index (κ1) is 9.33. The second kappa shape index (κ2) is 3.92. The summed E-state index contributed by atoms with van der Waals surface area (Å²) in [6.07, 6.45) is 11.3. The molecule has 5 nitrogen and oxygen atoms in total. The molecular formula is C11H13N5. The third kappa shape index (κ3) is 1.64. The Balaban J connectivity index is 1.90. The molecule has 2 N–H and O–H groups in total. The van der Waals surface area contributed by atoms with Crippen LogP contribution in [0.2, 0.25) is 0 Å². The van der Waals surface area contributed by atoms with Crippen molar-refractivity contribution >= 4 is 16.9 Å². The van der Waals surface area contributed by atoms with Crippen LogP contribution in [-0.4, -0.2) is 26.2 Å². The standard InChI is InChI=1S/C11H13N5/c1-2-4-8(5-3-1)15-10-9-6-14-16-11(9)13-7-12-10/h2,4,6-8H,1,3,5H2,(H2,12,13,14,15,16). The Hall–Kier alpha value is -1.91. The molecule has 2 heterocycles. The maximum atomic E-state index is 4.26. The van der Waals surface area contributed by atoms with Crippen LogP contribution in [0.4, 0.5) is 5.82 Å². The molecule has 5 heteroatoms. The summed E-state index contributed by atoms with van der Waals surface area (Å²) in [7, 11) is 0. The van der Waals surface area contributed by atoms with Gasteiger partial charge in [-0.05, 0) is 19.3 Å². The third-order valence-corrected chi connectivity index (χ3v) is 2.82. The largest absolute Gasteiger partial charge is 0.363 e. The summed E-state index contributed by atoms with van der Waals surface area (Å²) >= 11 is 0. The highest BCUT2D eigenvalue weighted by atomic mass is 15.2. The van der Waals surface area contributed by atoms with E-state index in [-0.39, 0.29) is 0 Å². The van der Waals surface area contributed by atoms with Gasteiger partial charge in [-0.25, -0.2) is 9.97 Å². The number of aromatic nitrogens is 4. The second-order valence-electron chi connectivity index (χ2n) is 3.96. The van der Waals surface area contributed by atoms with Crippen LogP contribution >= 0.6 is 0 Å². The predicted molar refractivity (Wildman–Crippen MR) is 62.1 cm³/mol. The zero-order valence-corrected chi connectivity index (χ0v) is 8.85. The van der Waals surface area contributed by atoms with E-state index in [4.69, 9.17) is 0 Å². The van der Waals surface area contributed by atoms with Crippen molar-refractivity contribution in [2.24, 2.45) is 0 Å². The van der Waals surface area contributed by atoms with E-state index in [0.717, 1.165) is 23.3 Å². The van der Waals surface area contributed by atoms with E-state index in [0.29, 0.717) is 6.04 Å². The quantitative estimate of drug-likeness (QED) is 0.750. The fraction of sp³-hybridized carbons (Fsp3) is 0.364. The lowest BCUT2D eigenvalue weighted by atomic mass is 10.0. The summed E-state index contributed by atoms with van der Waals surface area (Å²) in [4.78, 5) is 8.36. The van der Waals surface area contributed by atoms with E-state index in [9.17, 15) is 0 Å². The molecule has 0 spiro atoms. The number of nitrogens with zero attached hydrogens (tertiary/aromatic N) is 3. The minimum atomic E-state index is 0.377. The van der Waals surface area contributed by atoms with Crippen LogP contribution < -0.4 is 5.32 Å². The monoisotopic (exact) mass is 215 g/mol. The molecule has 1 aliphatic rings. The molecular weight excluding hydrogens is 202 g/mol. The van der Waals surface area contributed by atoms with E-state index < -0.39 is 0 Å². The van der Waals surface area contributed by atoms with Crippen molar-refractivity contribution in [2.75, 3.05) is 5.32 Å². The smallest absolute Gasteiger partial charge is 0.160 e. The Morgan fingerprint density at radius 1 is 1.38 bits per heavy atom. The first-order chi connectivity index (χ1) is 7.93. The highest BCUT2D eigenvalue weighted by Gasteiger charge is 2.11. The fourth-order valence-corrected chi connectivity index (χ4v) is 1.99. The van der Waals surface area contributed by atoms with Crippen molar-refractivity contribution in [2.45, 2.75) is 25.3 Å². The molecule has 82 valence electrons. The van der Waals surface area contributed by atoms with E-state index in [2.05, 4.69) is 37.6 Å². The number of hydrogen-bond donors (Lipinski definition) is 2. The molecule has 2 aromatic rings. The summed E-state index contributed by atoms with van der Waals surface area (Å²) in [5, 5.41) is 11.2. The summed E-state index contributed by atoms with van der Waals surface area (Å²) in [5.41, 5.74) is 0.775. The van der Waals surface area contributed by atoms with Gasteiger partial charge in [0.15, 0.2) is 5.65 Å². The molecule has 1 aliphatic carbocycles. The van der Waals surface area contributed by atoms with Gasteiger partial charge in [-0.2, -0.15) is 5.10 Å². The Bertz CT molecular complexity index is 516. The number of hydrogen-bond acceptors (Lipinski definition) is 4. The fourth-order valence-electron chi connectivity index (χ4n) is 1.99. The number of nitrogens with one attached hydrogen (secondary N) is 2. The first-order valence-corrected chi connectivity index (χ1v) is 5.51. The lowest BCUT2D eigenvalue weighted by molar-refractivity contribution is 0.672. The van der Waals surface area contributed by atoms with Gasteiger partial charge in [0, 0.05) is 6.04 Å². The molecule has 0 bridgehead atoms. The van der Waals surface area contributed by atoms with Gasteiger partial charge >= 0.3 is 0 Å². The molecule has 1 atom stereocenters. The number of H-pyrrole nitrogens is 1. The van der Waals surface area contributed by atoms with Gasteiger partial charge in [0.1, 0.15) is 12.1 Å². The summed E-state index contributed by atoms with van der Waals surface area (Å²) in [6.45, 7) is 0. The highest BCUT2D eigenvalue weighted by Crippen LogP contribution is 2.20. The molecule has 1 unspecified atom stereocenters. The third-order valence-electron chi connectivity index (χ3n) is 2.82. The molecule has 0 saturated carbocycles. The average molecular weight is 215 g/mol. The van der Waals surface area contributed by atoms with Crippen LogP contribution in [0.15, 0.2) is 24.7 Å². The number of anilines is 1. The minimum absolute atomic E-state index is 0.377. The van der Waals surface area contributed by atoms with Crippen LogP contribution in [0.3, 0.4) is 0 Å². The van der Waals surface area contributed by atoms with Gasteiger partial charge in [0.25, 0.3) is 0 Å². The van der Waals surface area contributed by atoms with Crippen LogP contribution in [0.5, 0.6) is 0 Å². The topological polar surface area (TPSA) is 66.5 Å². The first-order valence-electron chi connectivity index (χ1n) is 5.51. The summed E-state index contributed by atoms with van der Waals surface area (Å²) in [6, 6.07) is 0.377. The Morgan fingerprint density at radius 2 is 2.38 bits per heavy atom. The minimum Gasteiger partial charge on any atom is -0.363 e. The van der Waals surface area contributed by atoms with Gasteiger partial charge in [-0.3, -0.25) is 5.10 Å². The van der Waals surface area contributed by atoms with Gasteiger partial charge in [0.2, 0.25) is 0 Å². The van der Waals surface area contributed by atoms with Crippen molar-refractivity contribution < 1.29 is 0 Å². The Morgan fingerprint density at radius 3 is 3.25 bits per heavy atom. The molecule has 0 fully saturated rings. The van der Waals surface area contributed by atoms with E-state index in [1.165, 1.54) is 12.8 Å². The van der Waals surface area contributed by atoms with Gasteiger partial charge in [0.05, 0.1) is 11.6 Å². The molecule has 16 heavy (non-hydrogen) atoms. The number of rotatable bonds is 2. The van der Waals surface area contributed by atoms with Crippen molar-refractivity contribution in [1.82, 2.24) is 20.2 Å². The Kier molecular flexibility index (Phi) is 2.29. The van der Waals surface area contributed by atoms with E-state index >= 15 is 0 Å². The highest BCUT2D eigenvalue weighted by molar-refractivity contribution is 5.85. The maximum Gasteiger partial charge on any atom is 0.160 e. The van der Waals surface area contributed by atoms with Crippen LogP contribution in [0.1, 0.15) is 19.3 Å². The number of fused-ring (bicyclic) bond motifs is 1. The maximum absolute atomic E-state index is 4.26. The second-order valence-corrected chi connectivity index (χ2v) is 3.96. The molecule has 0 amide bonds. The molecule has 0 radical (unpaired) electrons. The Labute approximate surface area is 93.0 Å². The normalized spacial score (nSPS) is 20.1. The van der Waals surface area contributed by atoms with E-state index in [1.54, 1.807) is 12.5 Å². The van der Waals surface area contributed by atoms with Gasteiger partial charge in [-0.15, -0.1) is 0 Å².